The number of aryl methyl sites for hydroxylation is 1. The van der Waals surface area contributed by atoms with E-state index in [0.29, 0.717) is 28.2 Å². The predicted molar refractivity (Wildman–Crippen MR) is 88.8 cm³/mol. The van der Waals surface area contributed by atoms with Crippen molar-refractivity contribution < 1.29 is 31.1 Å². The van der Waals surface area contributed by atoms with Crippen LogP contribution < -0.4 is 4.74 Å². The van der Waals surface area contributed by atoms with E-state index in [1.807, 2.05) is 0 Å². The third kappa shape index (κ3) is 4.41. The predicted octanol–water partition coefficient (Wildman–Crippen LogP) is 6.95. The van der Waals surface area contributed by atoms with Gasteiger partial charge in [0.25, 0.3) is 0 Å². The lowest BCUT2D eigenvalue weighted by atomic mass is 10.1. The van der Waals surface area contributed by atoms with Crippen molar-refractivity contribution in [2.24, 2.45) is 0 Å². The Morgan fingerprint density at radius 3 is 2.15 bits per heavy atom. The first-order valence-corrected chi connectivity index (χ1v) is 8.41. The highest BCUT2D eigenvalue weighted by Crippen LogP contribution is 2.42. The van der Waals surface area contributed by atoms with Crippen LogP contribution in [0.15, 0.2) is 47.8 Å². The summed E-state index contributed by atoms with van der Waals surface area (Å²) in [6, 6.07) is 8.58. The summed E-state index contributed by atoms with van der Waals surface area (Å²) in [5.41, 5.74) is 0.516. The van der Waals surface area contributed by atoms with Crippen LogP contribution in [-0.2, 0) is 12.4 Å². The smallest absolute Gasteiger partial charge is 0.429 e. The molecule has 27 heavy (non-hydrogen) atoms. The minimum atomic E-state index is -4.55. The third-order valence-corrected chi connectivity index (χ3v) is 4.50. The standard InChI is InChI=1S/C18H11F6NOS/c1-10-8-13(11-2-4-12(5-3-11)17(19,20)21)25-15(9-10)26-14-6-7-27-16(14)18(22,23)24/h2-9H,1H3. The number of hydrogen-bond acceptors (Lipinski definition) is 3. The molecule has 0 fully saturated rings. The number of thiophene rings is 1. The number of alkyl halides is 6. The van der Waals surface area contributed by atoms with Crippen LogP contribution in [0.1, 0.15) is 16.0 Å². The largest absolute Gasteiger partial charge is 0.437 e. The van der Waals surface area contributed by atoms with E-state index in [2.05, 4.69) is 4.98 Å². The molecular weight excluding hydrogens is 392 g/mol. The zero-order valence-corrected chi connectivity index (χ0v) is 14.5. The highest BCUT2D eigenvalue weighted by atomic mass is 32.1. The van der Waals surface area contributed by atoms with Gasteiger partial charge >= 0.3 is 12.4 Å². The highest BCUT2D eigenvalue weighted by molar-refractivity contribution is 7.10. The Kier molecular flexibility index (Phi) is 4.90. The van der Waals surface area contributed by atoms with Crippen LogP contribution >= 0.6 is 11.3 Å². The summed E-state index contributed by atoms with van der Waals surface area (Å²) in [5.74, 6) is -0.447. The number of benzene rings is 1. The second-order valence-corrected chi connectivity index (χ2v) is 6.57. The fraction of sp³-hybridized carbons (Fsp3) is 0.167. The molecule has 9 heteroatoms. The number of aromatic nitrogens is 1. The van der Waals surface area contributed by atoms with Gasteiger partial charge in [-0.25, -0.2) is 4.98 Å². The first-order chi connectivity index (χ1) is 12.5. The summed E-state index contributed by atoms with van der Waals surface area (Å²) in [7, 11) is 0. The Labute approximate surface area is 154 Å². The van der Waals surface area contributed by atoms with E-state index >= 15 is 0 Å². The lowest BCUT2D eigenvalue weighted by molar-refractivity contribution is -0.137. The van der Waals surface area contributed by atoms with Crippen molar-refractivity contribution in [3.63, 3.8) is 0 Å². The van der Waals surface area contributed by atoms with Crippen LogP contribution in [0.3, 0.4) is 0 Å². The van der Waals surface area contributed by atoms with Gasteiger partial charge in [0, 0.05) is 11.6 Å². The summed E-state index contributed by atoms with van der Waals surface area (Å²) in [4.78, 5) is 3.24. The Morgan fingerprint density at radius 1 is 0.889 bits per heavy atom. The van der Waals surface area contributed by atoms with E-state index < -0.39 is 22.8 Å². The number of rotatable bonds is 3. The summed E-state index contributed by atoms with van der Waals surface area (Å²) >= 11 is 0.500. The van der Waals surface area contributed by atoms with Gasteiger partial charge in [0.05, 0.1) is 11.3 Å². The van der Waals surface area contributed by atoms with E-state index in [1.165, 1.54) is 29.6 Å². The number of halogens is 6. The minimum absolute atomic E-state index is 0.0752. The fourth-order valence-electron chi connectivity index (χ4n) is 2.36. The first-order valence-electron chi connectivity index (χ1n) is 7.53. The van der Waals surface area contributed by atoms with Gasteiger partial charge in [-0.1, -0.05) is 12.1 Å². The van der Waals surface area contributed by atoms with Gasteiger partial charge in [-0.3, -0.25) is 0 Å². The molecule has 0 unspecified atom stereocenters. The molecule has 0 N–H and O–H groups in total. The molecular formula is C18H11F6NOS. The highest BCUT2D eigenvalue weighted by Gasteiger charge is 2.36. The zero-order chi connectivity index (χ0) is 19.8. The van der Waals surface area contributed by atoms with Crippen molar-refractivity contribution in [3.05, 3.63) is 63.8 Å². The molecule has 2 nitrogen and oxygen atoms in total. The molecule has 0 bridgehead atoms. The molecule has 3 rings (SSSR count). The SMILES string of the molecule is Cc1cc(Oc2ccsc2C(F)(F)F)nc(-c2ccc(C(F)(F)F)cc2)c1. The Morgan fingerprint density at radius 2 is 1.56 bits per heavy atom. The topological polar surface area (TPSA) is 22.1 Å². The van der Waals surface area contributed by atoms with Gasteiger partial charge < -0.3 is 4.74 Å². The lowest BCUT2D eigenvalue weighted by Gasteiger charge is -2.11. The molecule has 0 aliphatic rings. The molecule has 0 radical (unpaired) electrons. The van der Waals surface area contributed by atoms with Crippen molar-refractivity contribution in [1.82, 2.24) is 4.98 Å². The third-order valence-electron chi connectivity index (χ3n) is 3.56. The van der Waals surface area contributed by atoms with Gasteiger partial charge in [-0.15, -0.1) is 11.3 Å². The van der Waals surface area contributed by atoms with Crippen LogP contribution in [0.5, 0.6) is 11.6 Å². The number of pyridine rings is 1. The quantitative estimate of drug-likeness (QED) is 0.442. The number of nitrogens with zero attached hydrogens (tertiary/aromatic N) is 1. The maximum atomic E-state index is 13.0. The number of ether oxygens (including phenoxy) is 1. The maximum Gasteiger partial charge on any atom is 0.429 e. The lowest BCUT2D eigenvalue weighted by Crippen LogP contribution is -2.04. The van der Waals surface area contributed by atoms with E-state index in [4.69, 9.17) is 4.74 Å². The molecule has 3 aromatic rings. The van der Waals surface area contributed by atoms with Crippen LogP contribution in [-0.4, -0.2) is 4.98 Å². The molecule has 0 aliphatic carbocycles. The van der Waals surface area contributed by atoms with Gasteiger partial charge in [-0.2, -0.15) is 26.3 Å². The van der Waals surface area contributed by atoms with Crippen molar-refractivity contribution in [3.8, 4) is 22.9 Å². The zero-order valence-electron chi connectivity index (χ0n) is 13.7. The van der Waals surface area contributed by atoms with Gasteiger partial charge in [0.15, 0.2) is 10.6 Å². The van der Waals surface area contributed by atoms with Crippen molar-refractivity contribution in [1.29, 1.82) is 0 Å². The molecule has 2 heterocycles. The summed E-state index contributed by atoms with van der Waals surface area (Å²) < 4.78 is 82.2. The van der Waals surface area contributed by atoms with Gasteiger partial charge in [0.2, 0.25) is 5.88 Å². The van der Waals surface area contributed by atoms with Crippen LogP contribution in [0, 0.1) is 6.92 Å². The monoisotopic (exact) mass is 403 g/mol. The molecule has 0 saturated heterocycles. The second kappa shape index (κ2) is 6.88. The molecule has 0 spiro atoms. The van der Waals surface area contributed by atoms with Gasteiger partial charge in [-0.05, 0) is 42.1 Å². The molecule has 142 valence electrons. The van der Waals surface area contributed by atoms with E-state index in [0.717, 1.165) is 12.1 Å². The minimum Gasteiger partial charge on any atom is -0.437 e. The van der Waals surface area contributed by atoms with Crippen molar-refractivity contribution in [2.75, 3.05) is 0 Å². The first kappa shape index (κ1) is 19.2. The second-order valence-electron chi connectivity index (χ2n) is 5.66. The summed E-state index contributed by atoms with van der Waals surface area (Å²) in [6.45, 7) is 1.68. The Balaban J connectivity index is 1.93. The molecule has 2 aromatic heterocycles. The Bertz CT molecular complexity index is 944. The van der Waals surface area contributed by atoms with Crippen LogP contribution in [0.2, 0.25) is 0 Å². The summed E-state index contributed by atoms with van der Waals surface area (Å²) in [5, 5.41) is 1.25. The molecule has 0 saturated carbocycles. The van der Waals surface area contributed by atoms with Crippen molar-refractivity contribution in [2.45, 2.75) is 19.3 Å². The van der Waals surface area contributed by atoms with E-state index in [-0.39, 0.29) is 11.6 Å². The fourth-order valence-corrected chi connectivity index (χ4v) is 3.05. The average Bonchev–Trinajstić information content (AvgIpc) is 3.02. The van der Waals surface area contributed by atoms with Crippen LogP contribution in [0.4, 0.5) is 26.3 Å². The van der Waals surface area contributed by atoms with E-state index in [9.17, 15) is 26.3 Å². The molecule has 0 aliphatic heterocycles. The molecule has 0 amide bonds. The summed E-state index contributed by atoms with van der Waals surface area (Å²) in [6.07, 6.45) is -9.01. The molecule has 0 atom stereocenters. The number of hydrogen-bond donors (Lipinski definition) is 0. The van der Waals surface area contributed by atoms with Crippen LogP contribution in [0.25, 0.3) is 11.3 Å². The Hall–Kier alpha value is -2.55. The van der Waals surface area contributed by atoms with Gasteiger partial charge in [0.1, 0.15) is 0 Å². The van der Waals surface area contributed by atoms with Crippen molar-refractivity contribution >= 4 is 11.3 Å². The molecule has 1 aromatic carbocycles. The maximum absolute atomic E-state index is 13.0. The normalized spacial score (nSPS) is 12.3. The van der Waals surface area contributed by atoms with E-state index in [1.54, 1.807) is 13.0 Å². The average molecular weight is 403 g/mol.